The van der Waals surface area contributed by atoms with Gasteiger partial charge in [0.1, 0.15) is 11.5 Å². The van der Waals surface area contributed by atoms with Crippen LogP contribution < -0.4 is 5.73 Å². The summed E-state index contributed by atoms with van der Waals surface area (Å²) in [4.78, 5) is 4.23. The standard InChI is InChI=1S/C19H16F2N8O/c20-15-2-1-3-16(17(15)21)29-19(25-26-27-29)14-6-11(7-23-18(14)22)12-8-24-28(9-12)13-4-5-30-10-13/h1-3,6-9,13H,4-5,10H2,(H2,22,23). The molecule has 2 N–H and O–H groups in total. The number of pyridine rings is 1. The van der Waals surface area contributed by atoms with Crippen molar-refractivity contribution in [2.24, 2.45) is 0 Å². The van der Waals surface area contributed by atoms with Crippen LogP contribution in [0.2, 0.25) is 0 Å². The van der Waals surface area contributed by atoms with E-state index < -0.39 is 11.6 Å². The van der Waals surface area contributed by atoms with Crippen molar-refractivity contribution in [2.45, 2.75) is 12.5 Å². The summed E-state index contributed by atoms with van der Waals surface area (Å²) < 4.78 is 36.4. The predicted molar refractivity (Wildman–Crippen MR) is 102 cm³/mol. The van der Waals surface area contributed by atoms with E-state index in [4.69, 9.17) is 10.5 Å². The maximum atomic E-state index is 14.3. The Balaban J connectivity index is 1.56. The van der Waals surface area contributed by atoms with Crippen molar-refractivity contribution < 1.29 is 13.5 Å². The summed E-state index contributed by atoms with van der Waals surface area (Å²) in [6.45, 7) is 1.34. The van der Waals surface area contributed by atoms with Gasteiger partial charge >= 0.3 is 0 Å². The number of nitrogens with zero attached hydrogens (tertiary/aromatic N) is 7. The van der Waals surface area contributed by atoms with E-state index in [0.29, 0.717) is 18.8 Å². The molecule has 152 valence electrons. The van der Waals surface area contributed by atoms with Gasteiger partial charge in [-0.25, -0.2) is 13.8 Å². The largest absolute Gasteiger partial charge is 0.383 e. The first-order valence-corrected chi connectivity index (χ1v) is 9.23. The van der Waals surface area contributed by atoms with E-state index >= 15 is 0 Å². The number of benzene rings is 1. The highest BCUT2D eigenvalue weighted by Gasteiger charge is 2.21. The van der Waals surface area contributed by atoms with Gasteiger partial charge in [-0.05, 0) is 35.0 Å². The van der Waals surface area contributed by atoms with Crippen molar-refractivity contribution in [3.8, 4) is 28.2 Å². The van der Waals surface area contributed by atoms with Crippen LogP contribution in [0.1, 0.15) is 12.5 Å². The molecule has 0 bridgehead atoms. The Morgan fingerprint density at radius 2 is 2.07 bits per heavy atom. The quantitative estimate of drug-likeness (QED) is 0.550. The lowest BCUT2D eigenvalue weighted by Gasteiger charge is -2.09. The van der Waals surface area contributed by atoms with Crippen molar-refractivity contribution >= 4 is 5.82 Å². The van der Waals surface area contributed by atoms with Crippen molar-refractivity contribution in [3.05, 3.63) is 54.5 Å². The maximum Gasteiger partial charge on any atom is 0.190 e. The van der Waals surface area contributed by atoms with Gasteiger partial charge in [-0.3, -0.25) is 4.68 Å². The maximum absolute atomic E-state index is 14.3. The van der Waals surface area contributed by atoms with Gasteiger partial charge in [0.15, 0.2) is 17.5 Å². The highest BCUT2D eigenvalue weighted by Crippen LogP contribution is 2.30. The van der Waals surface area contributed by atoms with Crippen LogP contribution in [-0.4, -0.2) is 48.2 Å². The molecule has 4 heterocycles. The summed E-state index contributed by atoms with van der Waals surface area (Å²) >= 11 is 0. The topological polar surface area (TPSA) is 110 Å². The molecular formula is C19H16F2N8O. The minimum Gasteiger partial charge on any atom is -0.383 e. The molecule has 1 unspecified atom stereocenters. The van der Waals surface area contributed by atoms with Crippen LogP contribution in [0.4, 0.5) is 14.6 Å². The number of hydrogen-bond acceptors (Lipinski definition) is 7. The SMILES string of the molecule is Nc1ncc(-c2cnn(C3CCOC3)c2)cc1-c1nnnn1-c1cccc(F)c1F. The Morgan fingerprint density at radius 3 is 2.90 bits per heavy atom. The number of nitrogens with two attached hydrogens (primary N) is 1. The first-order valence-electron chi connectivity index (χ1n) is 9.23. The molecule has 1 saturated heterocycles. The summed E-state index contributed by atoms with van der Waals surface area (Å²) in [5, 5.41) is 15.8. The monoisotopic (exact) mass is 410 g/mol. The third-order valence-corrected chi connectivity index (χ3v) is 5.00. The predicted octanol–water partition coefficient (Wildman–Crippen LogP) is 2.41. The number of anilines is 1. The zero-order chi connectivity index (χ0) is 20.7. The fourth-order valence-corrected chi connectivity index (χ4v) is 3.40. The molecule has 0 spiro atoms. The Labute approximate surface area is 169 Å². The van der Waals surface area contributed by atoms with E-state index in [1.54, 1.807) is 18.5 Å². The third-order valence-electron chi connectivity index (χ3n) is 5.00. The lowest BCUT2D eigenvalue weighted by atomic mass is 10.1. The summed E-state index contributed by atoms with van der Waals surface area (Å²) in [5.41, 5.74) is 7.87. The van der Waals surface area contributed by atoms with Crippen LogP contribution in [0.5, 0.6) is 0 Å². The third kappa shape index (κ3) is 3.08. The molecule has 11 heteroatoms. The van der Waals surface area contributed by atoms with Crippen LogP contribution in [0, 0.1) is 11.6 Å². The van der Waals surface area contributed by atoms with Gasteiger partial charge in [-0.2, -0.15) is 9.78 Å². The van der Waals surface area contributed by atoms with Gasteiger partial charge in [-0.15, -0.1) is 5.10 Å². The Kier molecular flexibility index (Phi) is 4.43. The first-order chi connectivity index (χ1) is 14.6. The Bertz CT molecular complexity index is 1210. The van der Waals surface area contributed by atoms with Crippen LogP contribution in [0.25, 0.3) is 28.2 Å². The number of halogens is 2. The average Bonchev–Trinajstić information content (AvgIpc) is 3.51. The molecule has 0 radical (unpaired) electrons. The lowest BCUT2D eigenvalue weighted by Crippen LogP contribution is -2.08. The van der Waals surface area contributed by atoms with Gasteiger partial charge < -0.3 is 10.5 Å². The Hall–Kier alpha value is -3.73. The van der Waals surface area contributed by atoms with E-state index in [-0.39, 0.29) is 23.4 Å². The molecule has 1 atom stereocenters. The van der Waals surface area contributed by atoms with Gasteiger partial charge in [0, 0.05) is 30.1 Å². The van der Waals surface area contributed by atoms with E-state index in [2.05, 4.69) is 25.6 Å². The minimum absolute atomic E-state index is 0.131. The Morgan fingerprint density at radius 1 is 1.17 bits per heavy atom. The average molecular weight is 410 g/mol. The number of tetrazole rings is 1. The molecule has 30 heavy (non-hydrogen) atoms. The molecule has 0 aliphatic carbocycles. The van der Waals surface area contributed by atoms with Crippen LogP contribution in [0.15, 0.2) is 42.9 Å². The van der Waals surface area contributed by atoms with Crippen molar-refractivity contribution in [2.75, 3.05) is 18.9 Å². The number of nitrogen functional groups attached to an aromatic ring is 1. The number of aromatic nitrogens is 7. The second-order valence-electron chi connectivity index (χ2n) is 6.87. The molecular weight excluding hydrogens is 394 g/mol. The van der Waals surface area contributed by atoms with Crippen molar-refractivity contribution in [1.82, 2.24) is 35.0 Å². The minimum atomic E-state index is -1.06. The number of rotatable bonds is 4. The highest BCUT2D eigenvalue weighted by molar-refractivity contribution is 5.76. The molecule has 1 aromatic carbocycles. The van der Waals surface area contributed by atoms with E-state index in [1.807, 2.05) is 10.9 Å². The fourth-order valence-electron chi connectivity index (χ4n) is 3.40. The molecule has 0 amide bonds. The molecule has 3 aromatic heterocycles. The van der Waals surface area contributed by atoms with Crippen molar-refractivity contribution in [3.63, 3.8) is 0 Å². The highest BCUT2D eigenvalue weighted by atomic mass is 19.2. The number of ether oxygens (including phenoxy) is 1. The summed E-state index contributed by atoms with van der Waals surface area (Å²) in [6.07, 6.45) is 6.15. The van der Waals surface area contributed by atoms with Crippen LogP contribution >= 0.6 is 0 Å². The molecule has 1 fully saturated rings. The summed E-state index contributed by atoms with van der Waals surface area (Å²) in [7, 11) is 0. The summed E-state index contributed by atoms with van der Waals surface area (Å²) in [6, 6.07) is 5.71. The van der Waals surface area contributed by atoms with Crippen LogP contribution in [0.3, 0.4) is 0 Å². The van der Waals surface area contributed by atoms with Crippen molar-refractivity contribution in [1.29, 1.82) is 0 Å². The molecule has 0 saturated carbocycles. The van der Waals surface area contributed by atoms with E-state index in [9.17, 15) is 8.78 Å². The second-order valence-corrected chi connectivity index (χ2v) is 6.87. The molecule has 1 aliphatic rings. The molecule has 9 nitrogen and oxygen atoms in total. The summed E-state index contributed by atoms with van der Waals surface area (Å²) in [5.74, 6) is -1.77. The van der Waals surface area contributed by atoms with Gasteiger partial charge in [0.2, 0.25) is 0 Å². The smallest absolute Gasteiger partial charge is 0.190 e. The van der Waals surface area contributed by atoms with E-state index in [1.165, 1.54) is 12.1 Å². The zero-order valence-electron chi connectivity index (χ0n) is 15.6. The lowest BCUT2D eigenvalue weighted by molar-refractivity contribution is 0.184. The first kappa shape index (κ1) is 18.3. The molecule has 1 aliphatic heterocycles. The fraction of sp³-hybridized carbons (Fsp3) is 0.211. The van der Waals surface area contributed by atoms with Gasteiger partial charge in [0.05, 0.1) is 24.4 Å². The zero-order valence-corrected chi connectivity index (χ0v) is 15.6. The normalized spacial score (nSPS) is 16.3. The van der Waals surface area contributed by atoms with Crippen LogP contribution in [-0.2, 0) is 4.74 Å². The van der Waals surface area contributed by atoms with E-state index in [0.717, 1.165) is 28.3 Å². The molecule has 4 aromatic rings. The number of hydrogen-bond donors (Lipinski definition) is 1. The van der Waals surface area contributed by atoms with Gasteiger partial charge in [-0.1, -0.05) is 6.07 Å². The molecule has 5 rings (SSSR count). The second kappa shape index (κ2) is 7.26. The van der Waals surface area contributed by atoms with Gasteiger partial charge in [0.25, 0.3) is 0 Å².